The molecule has 0 aliphatic carbocycles. The van der Waals surface area contributed by atoms with Gasteiger partial charge in [0, 0.05) is 7.92 Å². The quantitative estimate of drug-likeness (QED) is 0.228. The van der Waals surface area contributed by atoms with E-state index in [2.05, 4.69) is 104 Å². The molecule has 0 aromatic carbocycles. The Morgan fingerprint density at radius 3 is 0.789 bits per heavy atom. The second-order valence-electron chi connectivity index (χ2n) is 7.83. The van der Waals surface area contributed by atoms with Gasteiger partial charge in [-0.2, -0.15) is 0 Å². The zero-order valence-electron chi connectivity index (χ0n) is 15.4. The molecule has 0 spiro atoms. The molecule has 0 aromatic rings. The van der Waals surface area contributed by atoms with Crippen molar-refractivity contribution >= 4 is 17.5 Å². The molecule has 0 amide bonds. The molecule has 0 unspecified atom stereocenters. The molecule has 0 nitrogen and oxygen atoms in total. The van der Waals surface area contributed by atoms with Crippen molar-refractivity contribution in [3.63, 3.8) is 0 Å². The van der Waals surface area contributed by atoms with E-state index in [1.807, 2.05) is 0 Å². The molecule has 0 bridgehead atoms. The molecule has 0 aliphatic heterocycles. The van der Waals surface area contributed by atoms with E-state index in [1.165, 1.54) is 6.42 Å². The summed E-state index contributed by atoms with van der Waals surface area (Å²) in [7, 11) is 4.10. The predicted molar refractivity (Wildman–Crippen MR) is 95.8 cm³/mol. The van der Waals surface area contributed by atoms with Gasteiger partial charge in [-0.05, 0) is 62.3 Å². The Morgan fingerprint density at radius 2 is 0.789 bits per heavy atom. The molecule has 19 heavy (non-hydrogen) atoms. The Bertz CT molecular complexity index is 151. The van der Waals surface area contributed by atoms with Crippen molar-refractivity contribution in [3.05, 3.63) is 7.43 Å². The summed E-state index contributed by atoms with van der Waals surface area (Å²) in [5.41, 5.74) is 0. The van der Waals surface area contributed by atoms with E-state index < -0.39 is 7.92 Å². The monoisotopic (exact) mass is 403 g/mol. The van der Waals surface area contributed by atoms with E-state index in [0.717, 1.165) is 0 Å². The Hall–Kier alpha value is 1.38. The Kier molecular flexibility index (Phi) is 18.0. The van der Waals surface area contributed by atoms with E-state index >= 15 is 0 Å². The third kappa shape index (κ3) is 15.6. The van der Waals surface area contributed by atoms with Crippen molar-refractivity contribution in [3.8, 4) is 0 Å². The standard InChI is InChI=1S/C12H27P.C3H8.CH3.ClH.Pd/c1-10(2,3)13(11(4,5)6)12(7,8)9;1-3-2;;;/h1-9H3;3H2,1-2H3;1H3;1H;/q;;-1;;+2. The van der Waals surface area contributed by atoms with Gasteiger partial charge in [-0.1, -0.05) is 20.3 Å². The van der Waals surface area contributed by atoms with Gasteiger partial charge in [0.15, 0.2) is 0 Å². The van der Waals surface area contributed by atoms with Crippen molar-refractivity contribution in [2.75, 3.05) is 0 Å². The van der Waals surface area contributed by atoms with E-state index in [9.17, 15) is 0 Å². The second-order valence-corrected chi connectivity index (χ2v) is 13.1. The second kappa shape index (κ2) is 12.0. The summed E-state index contributed by atoms with van der Waals surface area (Å²) in [5.74, 6) is 0. The molecule has 0 heterocycles. The van der Waals surface area contributed by atoms with Gasteiger partial charge in [0.05, 0.1) is 15.5 Å². The van der Waals surface area contributed by atoms with Crippen LogP contribution in [-0.2, 0) is 18.2 Å². The molecule has 0 saturated carbocycles. The van der Waals surface area contributed by atoms with Gasteiger partial charge in [0.25, 0.3) is 0 Å². The van der Waals surface area contributed by atoms with Crippen LogP contribution in [0.25, 0.3) is 0 Å². The Morgan fingerprint density at radius 1 is 0.684 bits per heavy atom. The van der Waals surface area contributed by atoms with Crippen LogP contribution < -0.4 is 0 Å². The summed E-state index contributed by atoms with van der Waals surface area (Å²) in [5, 5.41) is 1.46. The first-order valence-corrected chi connectivity index (χ1v) is 10.3. The predicted octanol–water partition coefficient (Wildman–Crippen LogP) is 7.15. The first-order chi connectivity index (χ1) is 7.78. The SMILES string of the molecule is CC(C)(C)[PH+](C(C)(C)C)C(C)(C)C.CCC.[CH3-].[Cl][Pd+]. The van der Waals surface area contributed by atoms with Crippen molar-refractivity contribution in [1.29, 1.82) is 0 Å². The minimum atomic E-state index is -0.391. The molecular formula is C16H39ClPPd+. The maximum absolute atomic E-state index is 4.49. The third-order valence-electron chi connectivity index (χ3n) is 2.25. The molecule has 3 heteroatoms. The molecule has 0 saturated heterocycles. The van der Waals surface area contributed by atoms with Gasteiger partial charge in [0.2, 0.25) is 0 Å². The van der Waals surface area contributed by atoms with Gasteiger partial charge < -0.3 is 7.43 Å². The fraction of sp³-hybridized carbons (Fsp3) is 0.938. The molecule has 0 aliphatic rings. The third-order valence-corrected chi connectivity index (χ3v) is 6.75. The molecule has 0 aromatic heterocycles. The Labute approximate surface area is 141 Å². The number of hydrogen-bond acceptors (Lipinski definition) is 0. The summed E-state index contributed by atoms with van der Waals surface area (Å²) in [6, 6.07) is 0. The fourth-order valence-electron chi connectivity index (χ4n) is 3.38. The van der Waals surface area contributed by atoms with Crippen molar-refractivity contribution < 1.29 is 18.2 Å². The molecule has 0 radical (unpaired) electrons. The molecule has 0 atom stereocenters. The van der Waals surface area contributed by atoms with Gasteiger partial charge in [-0.25, -0.2) is 0 Å². The van der Waals surface area contributed by atoms with E-state index in [1.54, 1.807) is 0 Å². The van der Waals surface area contributed by atoms with Crippen LogP contribution >= 0.6 is 17.5 Å². The first-order valence-electron chi connectivity index (χ1n) is 6.78. The topological polar surface area (TPSA) is 0 Å². The molecule has 0 fully saturated rings. The zero-order valence-corrected chi connectivity index (χ0v) is 18.7. The van der Waals surface area contributed by atoms with Crippen LogP contribution in [0.2, 0.25) is 0 Å². The number of rotatable bonds is 0. The average molecular weight is 404 g/mol. The van der Waals surface area contributed by atoms with Gasteiger partial charge in [0.1, 0.15) is 0 Å². The first kappa shape index (κ1) is 28.5. The summed E-state index contributed by atoms with van der Waals surface area (Å²) >= 11 is 2.22. The van der Waals surface area contributed by atoms with Crippen LogP contribution in [-0.4, -0.2) is 15.5 Å². The summed E-state index contributed by atoms with van der Waals surface area (Å²) in [6.45, 7) is 25.9. The minimum absolute atomic E-state index is 0. The Balaban J connectivity index is -0.000000164. The zero-order chi connectivity index (χ0) is 15.8. The molecular weight excluding hydrogens is 365 g/mol. The normalized spacial score (nSPS) is 11.7. The number of halogens is 1. The van der Waals surface area contributed by atoms with Crippen LogP contribution in [0.5, 0.6) is 0 Å². The van der Waals surface area contributed by atoms with Crippen LogP contribution in [0.4, 0.5) is 0 Å². The fourth-order valence-corrected chi connectivity index (χ4v) is 10.1. The number of hydrogen-bond donors (Lipinski definition) is 0. The summed E-state index contributed by atoms with van der Waals surface area (Å²) in [4.78, 5) is 0. The molecule has 124 valence electrons. The summed E-state index contributed by atoms with van der Waals surface area (Å²) in [6.07, 6.45) is 1.25. The maximum atomic E-state index is 4.49. The van der Waals surface area contributed by atoms with Crippen molar-refractivity contribution in [1.82, 2.24) is 0 Å². The summed E-state index contributed by atoms with van der Waals surface area (Å²) < 4.78 is 0. The molecule has 0 N–H and O–H groups in total. The van der Waals surface area contributed by atoms with Crippen LogP contribution in [0.1, 0.15) is 82.6 Å². The van der Waals surface area contributed by atoms with E-state index in [-0.39, 0.29) is 7.43 Å². The van der Waals surface area contributed by atoms with Gasteiger partial charge in [-0.15, -0.1) is 0 Å². The van der Waals surface area contributed by atoms with Gasteiger partial charge >= 0.3 is 27.7 Å². The van der Waals surface area contributed by atoms with Crippen LogP contribution in [0, 0.1) is 7.43 Å². The van der Waals surface area contributed by atoms with E-state index in [4.69, 9.17) is 0 Å². The van der Waals surface area contributed by atoms with Gasteiger partial charge in [-0.3, -0.25) is 0 Å². The average Bonchev–Trinajstić information content (AvgIpc) is 1.99. The van der Waals surface area contributed by atoms with E-state index in [0.29, 0.717) is 15.5 Å². The van der Waals surface area contributed by atoms with Crippen molar-refractivity contribution in [2.45, 2.75) is 98.1 Å². The molecule has 0 rings (SSSR count). The van der Waals surface area contributed by atoms with Crippen LogP contribution in [0.15, 0.2) is 0 Å². The van der Waals surface area contributed by atoms with Crippen LogP contribution in [0.3, 0.4) is 0 Å². The van der Waals surface area contributed by atoms with Crippen molar-refractivity contribution in [2.24, 2.45) is 0 Å².